The van der Waals surface area contributed by atoms with Crippen LogP contribution in [0.2, 0.25) is 10.0 Å². The second-order valence-corrected chi connectivity index (χ2v) is 7.05. The van der Waals surface area contributed by atoms with Crippen molar-refractivity contribution in [2.45, 2.75) is 6.92 Å². The number of anilines is 1. The molecule has 2 aromatic carbocycles. The first-order chi connectivity index (χ1) is 12.3. The normalized spacial score (nSPS) is 10.6. The summed E-state index contributed by atoms with van der Waals surface area (Å²) in [5.74, 6) is -0.469. The minimum Gasteiger partial charge on any atom is -0.298 e. The molecular weight excluding hydrogens is 397 g/mol. The van der Waals surface area contributed by atoms with Crippen molar-refractivity contribution in [3.05, 3.63) is 73.1 Å². The Labute approximate surface area is 162 Å². The number of benzene rings is 2. The molecule has 26 heavy (non-hydrogen) atoms. The summed E-state index contributed by atoms with van der Waals surface area (Å²) in [5.41, 5.74) is 1.98. The topological polar surface area (TPSA) is 85.1 Å². The van der Waals surface area contributed by atoms with Crippen molar-refractivity contribution < 1.29 is 9.72 Å². The Bertz CT molecular complexity index is 1020. The quantitative estimate of drug-likeness (QED) is 0.451. The zero-order valence-corrected chi connectivity index (χ0v) is 15.7. The van der Waals surface area contributed by atoms with Crippen molar-refractivity contribution in [3.63, 3.8) is 0 Å². The highest BCUT2D eigenvalue weighted by molar-refractivity contribution is 7.14. The average Bonchev–Trinajstić information content (AvgIpc) is 3.05. The minimum atomic E-state index is -0.516. The number of nitrogens with zero attached hydrogens (tertiary/aromatic N) is 2. The molecule has 0 atom stereocenters. The molecule has 1 aromatic heterocycles. The Kier molecular flexibility index (Phi) is 5.22. The lowest BCUT2D eigenvalue weighted by Gasteiger charge is -2.03. The van der Waals surface area contributed by atoms with Crippen LogP contribution >= 0.6 is 34.5 Å². The lowest BCUT2D eigenvalue weighted by atomic mass is 10.1. The van der Waals surface area contributed by atoms with Gasteiger partial charge in [0.25, 0.3) is 11.6 Å². The third-order valence-corrected chi connectivity index (χ3v) is 5.10. The third-order valence-electron chi connectivity index (χ3n) is 3.61. The number of thiazole rings is 1. The van der Waals surface area contributed by atoms with Crippen LogP contribution in [0.4, 0.5) is 10.8 Å². The van der Waals surface area contributed by atoms with Crippen LogP contribution < -0.4 is 5.32 Å². The zero-order valence-electron chi connectivity index (χ0n) is 13.3. The minimum absolute atomic E-state index is 0.103. The summed E-state index contributed by atoms with van der Waals surface area (Å²) in [7, 11) is 0. The van der Waals surface area contributed by atoms with Crippen molar-refractivity contribution in [1.82, 2.24) is 4.98 Å². The van der Waals surface area contributed by atoms with Gasteiger partial charge in [0.05, 0.1) is 20.7 Å². The first-order valence-electron chi connectivity index (χ1n) is 7.32. The molecule has 0 bridgehead atoms. The molecule has 3 rings (SSSR count). The molecule has 0 unspecified atom stereocenters. The van der Waals surface area contributed by atoms with Gasteiger partial charge < -0.3 is 0 Å². The summed E-state index contributed by atoms with van der Waals surface area (Å²) in [6.45, 7) is 1.62. The zero-order chi connectivity index (χ0) is 18.8. The van der Waals surface area contributed by atoms with Crippen molar-refractivity contribution >= 4 is 51.3 Å². The van der Waals surface area contributed by atoms with Crippen LogP contribution in [0.25, 0.3) is 11.3 Å². The number of aryl methyl sites for hydroxylation is 1. The predicted octanol–water partition coefficient (Wildman–Crippen LogP) is 5.59. The second-order valence-electron chi connectivity index (χ2n) is 5.38. The highest BCUT2D eigenvalue weighted by Crippen LogP contribution is 2.30. The molecule has 0 radical (unpaired) electrons. The van der Waals surface area contributed by atoms with Crippen LogP contribution in [-0.4, -0.2) is 15.8 Å². The molecule has 3 aromatic rings. The molecule has 0 aliphatic heterocycles. The molecule has 9 heteroatoms. The van der Waals surface area contributed by atoms with E-state index in [-0.39, 0.29) is 11.3 Å². The summed E-state index contributed by atoms with van der Waals surface area (Å²) in [4.78, 5) is 27.2. The largest absolute Gasteiger partial charge is 0.298 e. The lowest BCUT2D eigenvalue weighted by molar-refractivity contribution is -0.385. The highest BCUT2D eigenvalue weighted by Gasteiger charge is 2.16. The van der Waals surface area contributed by atoms with Gasteiger partial charge in [0.1, 0.15) is 0 Å². The molecule has 132 valence electrons. The molecule has 0 aliphatic carbocycles. The van der Waals surface area contributed by atoms with Crippen LogP contribution in [0.15, 0.2) is 41.8 Å². The first kappa shape index (κ1) is 18.3. The number of nitro benzene ring substituents is 1. The van der Waals surface area contributed by atoms with Crippen LogP contribution in [-0.2, 0) is 0 Å². The summed E-state index contributed by atoms with van der Waals surface area (Å²) in [6.07, 6.45) is 0. The smallest absolute Gasteiger partial charge is 0.273 e. The van der Waals surface area contributed by atoms with Gasteiger partial charge in [-0.15, -0.1) is 11.3 Å². The Morgan fingerprint density at radius 3 is 2.65 bits per heavy atom. The molecule has 0 saturated carbocycles. The summed E-state index contributed by atoms with van der Waals surface area (Å²) in [5, 5.41) is 16.7. The lowest BCUT2D eigenvalue weighted by Crippen LogP contribution is -2.12. The van der Waals surface area contributed by atoms with E-state index in [0.717, 1.165) is 5.56 Å². The molecule has 1 heterocycles. The number of aromatic nitrogens is 1. The van der Waals surface area contributed by atoms with E-state index in [4.69, 9.17) is 23.2 Å². The van der Waals surface area contributed by atoms with E-state index in [1.807, 2.05) is 0 Å². The van der Waals surface area contributed by atoms with Gasteiger partial charge in [-0.2, -0.15) is 0 Å². The van der Waals surface area contributed by atoms with Gasteiger partial charge in [-0.3, -0.25) is 20.2 Å². The number of nitrogens with one attached hydrogen (secondary N) is 1. The SMILES string of the molecule is Cc1ccc(C(=O)Nc2nc(-c3ccc(Cl)c(Cl)c3)cs2)cc1[N+](=O)[O-]. The molecule has 0 aliphatic rings. The summed E-state index contributed by atoms with van der Waals surface area (Å²) < 4.78 is 0. The van der Waals surface area contributed by atoms with Crippen molar-refractivity contribution in [2.75, 3.05) is 5.32 Å². The number of amides is 1. The van der Waals surface area contributed by atoms with E-state index in [1.54, 1.807) is 30.5 Å². The first-order valence-corrected chi connectivity index (χ1v) is 8.96. The van der Waals surface area contributed by atoms with Crippen molar-refractivity contribution in [1.29, 1.82) is 0 Å². The van der Waals surface area contributed by atoms with Crippen LogP contribution in [0, 0.1) is 17.0 Å². The molecular formula is C17H11Cl2N3O3S. The molecule has 1 N–H and O–H groups in total. The second kappa shape index (κ2) is 7.41. The Morgan fingerprint density at radius 1 is 1.19 bits per heavy atom. The predicted molar refractivity (Wildman–Crippen MR) is 103 cm³/mol. The third kappa shape index (κ3) is 3.85. The van der Waals surface area contributed by atoms with Gasteiger partial charge in [-0.25, -0.2) is 4.98 Å². The fraction of sp³-hybridized carbons (Fsp3) is 0.0588. The van der Waals surface area contributed by atoms with E-state index in [1.165, 1.54) is 29.5 Å². The highest BCUT2D eigenvalue weighted by atomic mass is 35.5. The number of hydrogen-bond donors (Lipinski definition) is 1. The van der Waals surface area contributed by atoms with Gasteiger partial charge >= 0.3 is 0 Å². The fourth-order valence-corrected chi connectivity index (χ4v) is 3.25. The number of carbonyl (C=O) groups excluding carboxylic acids is 1. The molecule has 0 fully saturated rings. The monoisotopic (exact) mass is 407 g/mol. The van der Waals surface area contributed by atoms with Crippen LogP contribution in [0.3, 0.4) is 0 Å². The number of rotatable bonds is 4. The van der Waals surface area contributed by atoms with Gasteiger partial charge in [-0.05, 0) is 25.1 Å². The summed E-state index contributed by atoms with van der Waals surface area (Å²) >= 11 is 13.1. The van der Waals surface area contributed by atoms with Gasteiger partial charge in [0, 0.05) is 28.1 Å². The van der Waals surface area contributed by atoms with Crippen LogP contribution in [0.1, 0.15) is 15.9 Å². The van der Waals surface area contributed by atoms with Gasteiger partial charge in [0.2, 0.25) is 0 Å². The average molecular weight is 408 g/mol. The molecule has 0 saturated heterocycles. The number of hydrogen-bond acceptors (Lipinski definition) is 5. The summed E-state index contributed by atoms with van der Waals surface area (Å²) in [6, 6.07) is 9.45. The maximum Gasteiger partial charge on any atom is 0.273 e. The van der Waals surface area contributed by atoms with Gasteiger partial charge in [0.15, 0.2) is 5.13 Å². The molecule has 1 amide bonds. The van der Waals surface area contributed by atoms with E-state index in [9.17, 15) is 14.9 Å². The van der Waals surface area contributed by atoms with E-state index in [2.05, 4.69) is 10.3 Å². The van der Waals surface area contributed by atoms with Crippen molar-refractivity contribution in [2.24, 2.45) is 0 Å². The van der Waals surface area contributed by atoms with Gasteiger partial charge in [-0.1, -0.05) is 35.3 Å². The van der Waals surface area contributed by atoms with E-state index < -0.39 is 10.8 Å². The molecule has 6 nitrogen and oxygen atoms in total. The Hall–Kier alpha value is -2.48. The van der Waals surface area contributed by atoms with E-state index in [0.29, 0.717) is 26.4 Å². The number of nitro groups is 1. The fourth-order valence-electron chi connectivity index (χ4n) is 2.24. The maximum absolute atomic E-state index is 12.3. The number of carbonyl (C=O) groups is 1. The molecule has 0 spiro atoms. The maximum atomic E-state index is 12.3. The van der Waals surface area contributed by atoms with Crippen LogP contribution in [0.5, 0.6) is 0 Å². The number of halogens is 2. The van der Waals surface area contributed by atoms with Crippen molar-refractivity contribution in [3.8, 4) is 11.3 Å². The Balaban J connectivity index is 1.81. The standard InChI is InChI=1S/C17H11Cl2N3O3S/c1-9-2-3-11(7-15(9)22(24)25)16(23)21-17-20-14(8-26-17)10-4-5-12(18)13(19)6-10/h2-8H,1H3,(H,20,21,23). The Morgan fingerprint density at radius 2 is 1.96 bits per heavy atom. The van der Waals surface area contributed by atoms with E-state index >= 15 is 0 Å².